The van der Waals surface area contributed by atoms with Crippen LogP contribution in [0.25, 0.3) is 0 Å². The number of imide groups is 1. The molecule has 0 saturated heterocycles. The topological polar surface area (TPSA) is 99.2 Å². The Morgan fingerprint density at radius 1 is 1.10 bits per heavy atom. The number of esters is 2. The number of hydrogen-bond acceptors (Lipinski definition) is 7. The van der Waals surface area contributed by atoms with Crippen LogP contribution in [0.1, 0.15) is 46.6 Å². The van der Waals surface area contributed by atoms with Crippen molar-refractivity contribution < 1.29 is 33.4 Å². The molecule has 2 amide bonds. The minimum Gasteiger partial charge on any atom is -0.465 e. The van der Waals surface area contributed by atoms with Gasteiger partial charge in [0, 0.05) is 10.6 Å². The molecule has 0 bridgehead atoms. The molecule has 8 nitrogen and oxygen atoms in total. The van der Waals surface area contributed by atoms with Crippen LogP contribution in [0.4, 0.5) is 10.5 Å². The fraction of sp³-hybridized carbons (Fsp3) is 0.500. The average molecular weight is 426 g/mol. The number of benzene rings is 1. The van der Waals surface area contributed by atoms with Crippen molar-refractivity contribution in [1.29, 1.82) is 0 Å². The van der Waals surface area contributed by atoms with E-state index in [0.29, 0.717) is 0 Å². The average Bonchev–Trinajstić information content (AvgIpc) is 2.83. The second kappa shape index (κ2) is 8.41. The molecule has 0 radical (unpaired) electrons. The Hall–Kier alpha value is -2.61. The molecule has 0 spiro atoms. The van der Waals surface area contributed by atoms with Crippen molar-refractivity contribution in [1.82, 2.24) is 0 Å². The monoisotopic (exact) mass is 425 g/mol. The number of carbonyl (C=O) groups is 4. The van der Waals surface area contributed by atoms with Gasteiger partial charge in [-0.15, -0.1) is 0 Å². The van der Waals surface area contributed by atoms with Crippen LogP contribution in [0.2, 0.25) is 5.02 Å². The van der Waals surface area contributed by atoms with Gasteiger partial charge in [-0.1, -0.05) is 11.6 Å². The zero-order valence-corrected chi connectivity index (χ0v) is 17.8. The normalized spacial score (nSPS) is 18.3. The molecule has 2 rings (SSSR count). The van der Waals surface area contributed by atoms with E-state index < -0.39 is 41.4 Å². The highest BCUT2D eigenvalue weighted by molar-refractivity contribution is 6.33. The largest absolute Gasteiger partial charge is 0.465 e. The van der Waals surface area contributed by atoms with Gasteiger partial charge in [0.25, 0.3) is 5.91 Å². The first-order valence-electron chi connectivity index (χ1n) is 9.18. The summed E-state index contributed by atoms with van der Waals surface area (Å²) >= 11 is 6.10. The number of nitrogens with zero attached hydrogens (tertiary/aromatic N) is 1. The fourth-order valence-corrected chi connectivity index (χ4v) is 3.29. The molecule has 1 unspecified atom stereocenters. The minimum atomic E-state index is -2.11. The van der Waals surface area contributed by atoms with E-state index in [2.05, 4.69) is 0 Å². The van der Waals surface area contributed by atoms with Crippen molar-refractivity contribution in [2.75, 3.05) is 18.1 Å². The van der Waals surface area contributed by atoms with Crippen LogP contribution in [-0.4, -0.2) is 42.8 Å². The lowest BCUT2D eigenvalue weighted by molar-refractivity contribution is -0.165. The lowest BCUT2D eigenvalue weighted by Gasteiger charge is -2.27. The third kappa shape index (κ3) is 4.37. The van der Waals surface area contributed by atoms with Gasteiger partial charge in [0.2, 0.25) is 0 Å². The van der Waals surface area contributed by atoms with Gasteiger partial charge in [0.15, 0.2) is 5.41 Å². The third-order valence-corrected chi connectivity index (χ3v) is 4.37. The van der Waals surface area contributed by atoms with Crippen molar-refractivity contribution in [2.24, 2.45) is 0 Å². The van der Waals surface area contributed by atoms with Crippen LogP contribution in [0.5, 0.6) is 0 Å². The van der Waals surface area contributed by atoms with Gasteiger partial charge in [-0.2, -0.15) is 0 Å². The molecule has 1 aromatic rings. The Labute approximate surface area is 174 Å². The molecule has 158 valence electrons. The zero-order valence-electron chi connectivity index (χ0n) is 17.0. The summed E-state index contributed by atoms with van der Waals surface area (Å²) in [5.74, 6) is -2.71. The van der Waals surface area contributed by atoms with Crippen LogP contribution in [-0.2, 0) is 34.0 Å². The van der Waals surface area contributed by atoms with Crippen LogP contribution < -0.4 is 4.90 Å². The van der Waals surface area contributed by atoms with Crippen LogP contribution in [0, 0.1) is 0 Å². The summed E-state index contributed by atoms with van der Waals surface area (Å²) in [5, 5.41) is 0.222. The lowest BCUT2D eigenvalue weighted by atomic mass is 9.78. The van der Waals surface area contributed by atoms with E-state index in [-0.39, 0.29) is 29.5 Å². The Bertz CT molecular complexity index is 846. The molecule has 1 aromatic carbocycles. The molecule has 9 heteroatoms. The number of halogens is 1. The first kappa shape index (κ1) is 22.7. The van der Waals surface area contributed by atoms with Gasteiger partial charge in [0.05, 0.1) is 25.3 Å². The predicted octanol–water partition coefficient (Wildman–Crippen LogP) is 3.38. The Balaban J connectivity index is 2.67. The SMILES string of the molecule is CCOC(=O)N1C(=O)C(CC(=O)OC(C)(C)C)(C(=O)OCC)c2cc(Cl)ccc21. The molecular formula is C20H24ClNO7. The second-order valence-corrected chi connectivity index (χ2v) is 7.83. The zero-order chi connectivity index (χ0) is 22.0. The van der Waals surface area contributed by atoms with Crippen molar-refractivity contribution in [3.05, 3.63) is 28.8 Å². The fourth-order valence-electron chi connectivity index (χ4n) is 3.12. The minimum absolute atomic E-state index is 0.0179. The maximum absolute atomic E-state index is 13.4. The third-order valence-electron chi connectivity index (χ3n) is 4.13. The molecule has 1 heterocycles. The molecular weight excluding hydrogens is 402 g/mol. The molecule has 0 N–H and O–H groups in total. The van der Waals surface area contributed by atoms with Crippen LogP contribution in [0.3, 0.4) is 0 Å². The van der Waals surface area contributed by atoms with Gasteiger partial charge in [-0.25, -0.2) is 9.69 Å². The molecule has 29 heavy (non-hydrogen) atoms. The second-order valence-electron chi connectivity index (χ2n) is 7.39. The first-order valence-corrected chi connectivity index (χ1v) is 9.56. The van der Waals surface area contributed by atoms with Crippen molar-refractivity contribution in [3.63, 3.8) is 0 Å². The van der Waals surface area contributed by atoms with E-state index >= 15 is 0 Å². The van der Waals surface area contributed by atoms with Gasteiger partial charge >= 0.3 is 18.0 Å². The Kier molecular flexibility index (Phi) is 6.57. The standard InChI is InChI=1S/C20H24ClNO7/c1-6-27-17(25)20(11-15(23)29-19(3,4)5)13-10-12(21)8-9-14(13)22(16(20)24)18(26)28-7-2/h8-10H,6-7,11H2,1-5H3. The number of rotatable bonds is 5. The van der Waals surface area contributed by atoms with Crippen molar-refractivity contribution >= 4 is 41.2 Å². The number of amides is 2. The predicted molar refractivity (Wildman–Crippen MR) is 105 cm³/mol. The van der Waals surface area contributed by atoms with Crippen molar-refractivity contribution in [2.45, 2.75) is 52.1 Å². The summed E-state index contributed by atoms with van der Waals surface area (Å²) in [6, 6.07) is 4.26. The van der Waals surface area contributed by atoms with E-state index in [1.165, 1.54) is 18.2 Å². The van der Waals surface area contributed by atoms with Crippen molar-refractivity contribution in [3.8, 4) is 0 Å². The van der Waals surface area contributed by atoms with Gasteiger partial charge in [-0.05, 0) is 52.8 Å². The van der Waals surface area contributed by atoms with Gasteiger partial charge < -0.3 is 14.2 Å². The van der Waals surface area contributed by atoms with E-state index in [1.807, 2.05) is 0 Å². The number of carbonyl (C=O) groups excluding carboxylic acids is 4. The Morgan fingerprint density at radius 2 is 1.72 bits per heavy atom. The lowest BCUT2D eigenvalue weighted by Crippen LogP contribution is -2.50. The van der Waals surface area contributed by atoms with E-state index in [1.54, 1.807) is 34.6 Å². The summed E-state index contributed by atoms with van der Waals surface area (Å²) < 4.78 is 15.4. The van der Waals surface area contributed by atoms with Crippen LogP contribution >= 0.6 is 11.6 Å². The quantitative estimate of drug-likeness (QED) is 0.405. The van der Waals surface area contributed by atoms with Gasteiger partial charge in [-0.3, -0.25) is 14.4 Å². The summed E-state index contributed by atoms with van der Waals surface area (Å²) in [6.45, 7) is 8.12. The molecule has 1 aliphatic heterocycles. The number of hydrogen-bond donors (Lipinski definition) is 0. The highest BCUT2D eigenvalue weighted by Crippen LogP contribution is 2.47. The smallest absolute Gasteiger partial charge is 0.421 e. The highest BCUT2D eigenvalue weighted by Gasteiger charge is 2.61. The molecule has 0 aliphatic carbocycles. The number of fused-ring (bicyclic) bond motifs is 1. The van der Waals surface area contributed by atoms with Crippen LogP contribution in [0.15, 0.2) is 18.2 Å². The number of ether oxygens (including phenoxy) is 3. The van der Waals surface area contributed by atoms with E-state index in [4.69, 9.17) is 25.8 Å². The summed E-state index contributed by atoms with van der Waals surface area (Å²) in [7, 11) is 0. The first-order chi connectivity index (χ1) is 13.5. The molecule has 0 saturated carbocycles. The summed E-state index contributed by atoms with van der Waals surface area (Å²) in [4.78, 5) is 52.2. The maximum Gasteiger partial charge on any atom is 0.421 e. The van der Waals surface area contributed by atoms with E-state index in [0.717, 1.165) is 4.90 Å². The summed E-state index contributed by atoms with van der Waals surface area (Å²) in [5.41, 5.74) is -2.75. The molecule has 1 aliphatic rings. The maximum atomic E-state index is 13.4. The molecule has 0 fully saturated rings. The number of anilines is 1. The summed E-state index contributed by atoms with van der Waals surface area (Å²) in [6.07, 6.45) is -1.61. The highest BCUT2D eigenvalue weighted by atomic mass is 35.5. The van der Waals surface area contributed by atoms with Gasteiger partial charge in [0.1, 0.15) is 5.60 Å². The molecule has 1 atom stereocenters. The molecule has 0 aromatic heterocycles. The Morgan fingerprint density at radius 3 is 2.28 bits per heavy atom. The van der Waals surface area contributed by atoms with E-state index in [9.17, 15) is 19.2 Å².